The first kappa shape index (κ1) is 26.0. The summed E-state index contributed by atoms with van der Waals surface area (Å²) < 4.78 is 2.12. The van der Waals surface area contributed by atoms with Gasteiger partial charge in [-0.1, -0.05) is 12.8 Å². The van der Waals surface area contributed by atoms with Crippen LogP contribution in [0.5, 0.6) is 0 Å². The monoisotopic (exact) mass is 506 g/mol. The van der Waals surface area contributed by atoms with Gasteiger partial charge in [0, 0.05) is 57.9 Å². The first-order valence-corrected chi connectivity index (χ1v) is 11.4. The van der Waals surface area contributed by atoms with Crippen molar-refractivity contribution < 1.29 is 4.79 Å². The number of pyridine rings is 1. The Morgan fingerprint density at radius 3 is 2.47 bits per heavy atom. The lowest BCUT2D eigenvalue weighted by atomic mass is 10.2. The van der Waals surface area contributed by atoms with E-state index in [1.54, 1.807) is 25.2 Å². The lowest BCUT2D eigenvalue weighted by Gasteiger charge is -2.29. The Balaban J connectivity index is 0.00000162. The molecule has 3 aromatic rings. The molecule has 1 aliphatic heterocycles. The molecule has 3 aromatic heterocycles. The predicted molar refractivity (Wildman–Crippen MR) is 140 cm³/mol. The number of nitrogens with one attached hydrogen (secondary N) is 2. The van der Waals surface area contributed by atoms with Crippen molar-refractivity contribution in [3.05, 3.63) is 36.3 Å². The van der Waals surface area contributed by atoms with Crippen LogP contribution in [0.2, 0.25) is 0 Å². The average molecular weight is 507 g/mol. The van der Waals surface area contributed by atoms with Crippen LogP contribution in [0.15, 0.2) is 30.6 Å². The molecule has 34 heavy (non-hydrogen) atoms. The van der Waals surface area contributed by atoms with Gasteiger partial charge in [-0.2, -0.15) is 4.98 Å². The second-order valence-electron chi connectivity index (χ2n) is 8.77. The van der Waals surface area contributed by atoms with Crippen molar-refractivity contribution in [3.63, 3.8) is 0 Å². The molecule has 0 atom stereocenters. The van der Waals surface area contributed by atoms with Gasteiger partial charge >= 0.3 is 0 Å². The van der Waals surface area contributed by atoms with Gasteiger partial charge in [-0.15, -0.1) is 24.8 Å². The molecule has 0 spiro atoms. The first-order valence-electron chi connectivity index (χ1n) is 11.4. The molecule has 1 saturated heterocycles. The van der Waals surface area contributed by atoms with Crippen molar-refractivity contribution >= 4 is 59.2 Å². The molecule has 11 heteroatoms. The molecule has 1 aliphatic carbocycles. The molecule has 4 heterocycles. The van der Waals surface area contributed by atoms with Gasteiger partial charge in [0.25, 0.3) is 5.91 Å². The van der Waals surface area contributed by atoms with Gasteiger partial charge < -0.3 is 25.0 Å². The Hall–Kier alpha value is -2.62. The Labute approximate surface area is 212 Å². The maximum Gasteiger partial charge on any atom is 0.270 e. The van der Waals surface area contributed by atoms with E-state index in [0.29, 0.717) is 23.5 Å². The van der Waals surface area contributed by atoms with Crippen molar-refractivity contribution in [3.8, 4) is 0 Å². The number of halogens is 2. The van der Waals surface area contributed by atoms with Crippen LogP contribution in [0.4, 0.5) is 17.5 Å². The van der Waals surface area contributed by atoms with Crippen LogP contribution in [0.1, 0.15) is 42.2 Å². The van der Waals surface area contributed by atoms with Gasteiger partial charge in [0.15, 0.2) is 0 Å². The highest BCUT2D eigenvalue weighted by Gasteiger charge is 2.26. The van der Waals surface area contributed by atoms with Gasteiger partial charge in [-0.3, -0.25) is 4.79 Å². The molecule has 0 aromatic carbocycles. The van der Waals surface area contributed by atoms with E-state index in [1.807, 2.05) is 18.3 Å². The van der Waals surface area contributed by atoms with Crippen molar-refractivity contribution in [1.29, 1.82) is 0 Å². The Morgan fingerprint density at radius 1 is 1.09 bits per heavy atom. The zero-order chi connectivity index (χ0) is 22.1. The fourth-order valence-corrected chi connectivity index (χ4v) is 4.68. The molecule has 0 radical (unpaired) electrons. The Morgan fingerprint density at radius 2 is 1.82 bits per heavy atom. The van der Waals surface area contributed by atoms with E-state index in [4.69, 9.17) is 4.98 Å². The summed E-state index contributed by atoms with van der Waals surface area (Å²) in [6.07, 6.45) is 8.18. The average Bonchev–Trinajstić information content (AvgIpc) is 3.47. The molecule has 2 aliphatic rings. The SMILES string of the molecule is CN(C)C(=O)c1cc2cnc(Nc3ccc(N4CCNCC4)cn3)nc2n1C1CCCC1.Cl.Cl. The summed E-state index contributed by atoms with van der Waals surface area (Å²) in [6.45, 7) is 3.96. The molecule has 0 unspecified atom stereocenters. The molecule has 2 N–H and O–H groups in total. The lowest BCUT2D eigenvalue weighted by molar-refractivity contribution is 0.0815. The summed E-state index contributed by atoms with van der Waals surface area (Å²) in [5.74, 6) is 1.18. The highest BCUT2D eigenvalue weighted by molar-refractivity contribution is 5.97. The summed E-state index contributed by atoms with van der Waals surface area (Å²) in [5.41, 5.74) is 2.61. The molecular weight excluding hydrogens is 475 g/mol. The Kier molecular flexibility index (Phi) is 8.57. The van der Waals surface area contributed by atoms with Crippen molar-refractivity contribution in [2.45, 2.75) is 31.7 Å². The summed E-state index contributed by atoms with van der Waals surface area (Å²) in [5, 5.41) is 7.48. The second-order valence-corrected chi connectivity index (χ2v) is 8.77. The van der Waals surface area contributed by atoms with Crippen LogP contribution in [0.25, 0.3) is 11.0 Å². The van der Waals surface area contributed by atoms with Gasteiger partial charge in [0.2, 0.25) is 5.95 Å². The topological polar surface area (TPSA) is 91.2 Å². The predicted octanol–water partition coefficient (Wildman–Crippen LogP) is 3.64. The summed E-state index contributed by atoms with van der Waals surface area (Å²) in [4.78, 5) is 30.6. The van der Waals surface area contributed by atoms with Crippen LogP contribution in [-0.2, 0) is 0 Å². The van der Waals surface area contributed by atoms with Crippen LogP contribution in [-0.4, -0.2) is 70.6 Å². The smallest absolute Gasteiger partial charge is 0.270 e. The van der Waals surface area contributed by atoms with E-state index in [0.717, 1.165) is 55.7 Å². The number of anilines is 3. The largest absolute Gasteiger partial charge is 0.368 e. The second kappa shape index (κ2) is 11.2. The van der Waals surface area contributed by atoms with Gasteiger partial charge in [0.1, 0.15) is 17.2 Å². The maximum atomic E-state index is 12.9. The highest BCUT2D eigenvalue weighted by Crippen LogP contribution is 2.35. The fourth-order valence-electron chi connectivity index (χ4n) is 4.68. The molecular formula is C23H32Cl2N8O. The molecule has 1 saturated carbocycles. The number of nitrogens with zero attached hydrogens (tertiary/aromatic N) is 6. The standard InChI is InChI=1S/C23H30N8O.2ClH/c1-29(2)22(32)19-13-16-14-26-23(28-21(16)31(19)17-5-3-4-6-17)27-20-8-7-18(15-25-20)30-11-9-24-10-12-30;;/h7-8,13-15,17,24H,3-6,9-12H2,1-2H3,(H,25,26,27,28);2*1H. The van der Waals surface area contributed by atoms with Crippen LogP contribution >= 0.6 is 24.8 Å². The van der Waals surface area contributed by atoms with Crippen molar-refractivity contribution in [2.24, 2.45) is 0 Å². The molecule has 2 fully saturated rings. The zero-order valence-corrected chi connectivity index (χ0v) is 21.2. The number of carbonyl (C=O) groups excluding carboxylic acids is 1. The number of hydrogen-bond acceptors (Lipinski definition) is 7. The minimum atomic E-state index is -0.00502. The van der Waals surface area contributed by atoms with Crippen molar-refractivity contribution in [1.82, 2.24) is 29.7 Å². The molecule has 9 nitrogen and oxygen atoms in total. The number of fused-ring (bicyclic) bond motifs is 1. The normalized spacial score (nSPS) is 16.1. The van der Waals surface area contributed by atoms with E-state index in [9.17, 15) is 4.79 Å². The number of hydrogen-bond donors (Lipinski definition) is 2. The number of carbonyl (C=O) groups is 1. The lowest BCUT2D eigenvalue weighted by Crippen LogP contribution is -2.43. The number of aromatic nitrogens is 4. The quantitative estimate of drug-likeness (QED) is 0.545. The minimum Gasteiger partial charge on any atom is -0.368 e. The van der Waals surface area contributed by atoms with Gasteiger partial charge in [0.05, 0.1) is 11.9 Å². The summed E-state index contributed by atoms with van der Waals surface area (Å²) in [6, 6.07) is 6.25. The summed E-state index contributed by atoms with van der Waals surface area (Å²) >= 11 is 0. The minimum absolute atomic E-state index is 0. The first-order chi connectivity index (χ1) is 15.6. The van der Waals surface area contributed by atoms with E-state index in [2.05, 4.69) is 36.1 Å². The molecule has 184 valence electrons. The molecule has 0 bridgehead atoms. The third-order valence-corrected chi connectivity index (χ3v) is 6.36. The van der Waals surface area contributed by atoms with E-state index in [1.165, 1.54) is 12.8 Å². The third-order valence-electron chi connectivity index (χ3n) is 6.36. The molecule has 1 amide bonds. The van der Waals surface area contributed by atoms with Crippen LogP contribution in [0.3, 0.4) is 0 Å². The highest BCUT2D eigenvalue weighted by atomic mass is 35.5. The van der Waals surface area contributed by atoms with Gasteiger partial charge in [-0.25, -0.2) is 9.97 Å². The fraction of sp³-hybridized carbons (Fsp3) is 0.478. The number of piperazine rings is 1. The van der Waals surface area contributed by atoms with Crippen molar-refractivity contribution in [2.75, 3.05) is 50.5 Å². The van der Waals surface area contributed by atoms with E-state index >= 15 is 0 Å². The molecule has 5 rings (SSSR count). The number of amides is 1. The van der Waals surface area contributed by atoms with Crippen LogP contribution < -0.4 is 15.5 Å². The number of rotatable bonds is 5. The van der Waals surface area contributed by atoms with Gasteiger partial charge in [-0.05, 0) is 31.0 Å². The maximum absolute atomic E-state index is 12.9. The zero-order valence-electron chi connectivity index (χ0n) is 19.5. The van der Waals surface area contributed by atoms with E-state index in [-0.39, 0.29) is 30.7 Å². The summed E-state index contributed by atoms with van der Waals surface area (Å²) in [7, 11) is 3.57. The van der Waals surface area contributed by atoms with Crippen LogP contribution in [0, 0.1) is 0 Å². The van der Waals surface area contributed by atoms with E-state index < -0.39 is 0 Å². The Bertz CT molecular complexity index is 1110. The third kappa shape index (κ3) is 5.21.